The summed E-state index contributed by atoms with van der Waals surface area (Å²) in [7, 11) is 0. The smallest absolute Gasteiger partial charge is 0.228 e. The Balaban J connectivity index is 1.57. The van der Waals surface area contributed by atoms with Crippen molar-refractivity contribution in [2.24, 2.45) is 10.4 Å². The van der Waals surface area contributed by atoms with Gasteiger partial charge in [0.15, 0.2) is 11.8 Å². The Labute approximate surface area is 145 Å². The minimum atomic E-state index is 0.301. The quantitative estimate of drug-likeness (QED) is 0.663. The molecule has 0 unspecified atom stereocenters. The average Bonchev–Trinajstić information content (AvgIpc) is 3.29. The van der Waals surface area contributed by atoms with E-state index in [1.807, 2.05) is 0 Å². The molecule has 1 spiro atoms. The van der Waals surface area contributed by atoms with Gasteiger partial charge in [0.25, 0.3) is 0 Å². The maximum atomic E-state index is 5.30. The summed E-state index contributed by atoms with van der Waals surface area (Å²) in [6.45, 7) is 10.2. The molecule has 3 rings (SSSR count). The highest BCUT2D eigenvalue weighted by molar-refractivity contribution is 5.80. The first-order chi connectivity index (χ1) is 11.6. The van der Waals surface area contributed by atoms with Gasteiger partial charge in [0, 0.05) is 32.0 Å². The third kappa shape index (κ3) is 3.90. The molecule has 6 nitrogen and oxygen atoms in total. The van der Waals surface area contributed by atoms with Gasteiger partial charge < -0.3 is 14.7 Å². The van der Waals surface area contributed by atoms with Gasteiger partial charge in [0.2, 0.25) is 5.89 Å². The number of aliphatic imine (C=N–C) groups is 1. The first kappa shape index (κ1) is 17.2. The third-order valence-electron chi connectivity index (χ3n) is 5.32. The van der Waals surface area contributed by atoms with Crippen molar-refractivity contribution < 1.29 is 4.52 Å². The summed E-state index contributed by atoms with van der Waals surface area (Å²) in [5, 5.41) is 7.46. The van der Waals surface area contributed by atoms with Crippen molar-refractivity contribution >= 4 is 5.96 Å². The predicted molar refractivity (Wildman–Crippen MR) is 95.2 cm³/mol. The molecule has 0 bridgehead atoms. The molecule has 1 N–H and O–H groups in total. The fourth-order valence-corrected chi connectivity index (χ4v) is 3.94. The summed E-state index contributed by atoms with van der Waals surface area (Å²) < 4.78 is 5.30. The molecule has 134 valence electrons. The van der Waals surface area contributed by atoms with E-state index in [9.17, 15) is 0 Å². The van der Waals surface area contributed by atoms with Gasteiger partial charge in [-0.2, -0.15) is 4.98 Å². The van der Waals surface area contributed by atoms with Crippen LogP contribution in [-0.2, 0) is 6.42 Å². The summed E-state index contributed by atoms with van der Waals surface area (Å²) in [6.07, 6.45) is 7.60. The van der Waals surface area contributed by atoms with Crippen LogP contribution in [0.2, 0.25) is 0 Å². The number of aromatic nitrogens is 2. The Morgan fingerprint density at radius 2 is 2.12 bits per heavy atom. The fourth-order valence-electron chi connectivity index (χ4n) is 3.94. The maximum absolute atomic E-state index is 5.30. The normalized spacial score (nSPS) is 20.5. The summed E-state index contributed by atoms with van der Waals surface area (Å²) in [6, 6.07) is 0. The van der Waals surface area contributed by atoms with Gasteiger partial charge in [-0.05, 0) is 31.6 Å². The summed E-state index contributed by atoms with van der Waals surface area (Å²) in [4.78, 5) is 11.7. The lowest BCUT2D eigenvalue weighted by molar-refractivity contribution is 0.309. The molecular weight excluding hydrogens is 302 g/mol. The Bertz CT molecular complexity index is 560. The number of hydrogen-bond donors (Lipinski definition) is 1. The molecule has 0 radical (unpaired) electrons. The molecule has 2 aliphatic rings. The molecular formula is C18H31N5O. The van der Waals surface area contributed by atoms with E-state index in [1.165, 1.54) is 32.1 Å². The molecule has 1 saturated carbocycles. The molecule has 0 amide bonds. The van der Waals surface area contributed by atoms with Crippen molar-refractivity contribution in [3.05, 3.63) is 11.7 Å². The molecule has 1 aromatic rings. The van der Waals surface area contributed by atoms with Gasteiger partial charge in [-0.3, -0.25) is 4.99 Å². The Kier molecular flexibility index (Phi) is 5.41. The van der Waals surface area contributed by atoms with E-state index in [4.69, 9.17) is 9.52 Å². The number of nitrogens with one attached hydrogen (secondary N) is 1. The minimum absolute atomic E-state index is 0.301. The van der Waals surface area contributed by atoms with Gasteiger partial charge in [-0.25, -0.2) is 0 Å². The van der Waals surface area contributed by atoms with Crippen LogP contribution in [0.4, 0.5) is 0 Å². The van der Waals surface area contributed by atoms with Gasteiger partial charge in [0.1, 0.15) is 0 Å². The van der Waals surface area contributed by atoms with Crippen molar-refractivity contribution in [1.29, 1.82) is 0 Å². The van der Waals surface area contributed by atoms with Crippen LogP contribution in [0.25, 0.3) is 0 Å². The van der Waals surface area contributed by atoms with E-state index in [0.717, 1.165) is 31.4 Å². The number of nitrogens with zero attached hydrogens (tertiary/aromatic N) is 4. The van der Waals surface area contributed by atoms with Gasteiger partial charge in [-0.1, -0.05) is 31.8 Å². The zero-order valence-electron chi connectivity index (χ0n) is 15.3. The van der Waals surface area contributed by atoms with Crippen molar-refractivity contribution in [2.75, 3.05) is 26.2 Å². The van der Waals surface area contributed by atoms with Crippen molar-refractivity contribution in [1.82, 2.24) is 20.4 Å². The van der Waals surface area contributed by atoms with Gasteiger partial charge >= 0.3 is 0 Å². The van der Waals surface area contributed by atoms with Crippen LogP contribution >= 0.6 is 0 Å². The van der Waals surface area contributed by atoms with Crippen LogP contribution in [0.5, 0.6) is 0 Å². The van der Waals surface area contributed by atoms with E-state index in [1.54, 1.807) is 0 Å². The van der Waals surface area contributed by atoms with Crippen LogP contribution in [0.15, 0.2) is 9.52 Å². The highest BCUT2D eigenvalue weighted by atomic mass is 16.5. The molecule has 0 aromatic carbocycles. The molecule has 1 aromatic heterocycles. The zero-order valence-corrected chi connectivity index (χ0v) is 15.3. The SMILES string of the molecule is CCNC(=NCCc1nc(C(C)C)no1)N1CCC2(CCCC2)C1. The Morgan fingerprint density at radius 1 is 1.33 bits per heavy atom. The highest BCUT2D eigenvalue weighted by Gasteiger charge is 2.41. The second-order valence-electron chi connectivity index (χ2n) is 7.57. The van der Waals surface area contributed by atoms with E-state index in [0.29, 0.717) is 30.2 Å². The monoisotopic (exact) mass is 333 g/mol. The van der Waals surface area contributed by atoms with Crippen molar-refractivity contribution in [2.45, 2.75) is 65.2 Å². The lowest BCUT2D eigenvalue weighted by atomic mass is 9.86. The number of guanidine groups is 1. The Morgan fingerprint density at radius 3 is 2.79 bits per heavy atom. The topological polar surface area (TPSA) is 66.5 Å². The number of likely N-dealkylation sites (tertiary alicyclic amines) is 1. The lowest BCUT2D eigenvalue weighted by Gasteiger charge is -2.25. The molecule has 1 aliphatic heterocycles. The fraction of sp³-hybridized carbons (Fsp3) is 0.833. The molecule has 2 fully saturated rings. The van der Waals surface area contributed by atoms with Crippen molar-refractivity contribution in [3.63, 3.8) is 0 Å². The summed E-state index contributed by atoms with van der Waals surface area (Å²) >= 11 is 0. The second kappa shape index (κ2) is 7.53. The van der Waals surface area contributed by atoms with Crippen LogP contribution < -0.4 is 5.32 Å². The standard InChI is InChI=1S/C18H31N5O/c1-4-19-17(23-12-10-18(13-23)8-5-6-9-18)20-11-7-15-21-16(14(2)3)22-24-15/h14H,4-13H2,1-3H3,(H,19,20). The van der Waals surface area contributed by atoms with Crippen LogP contribution in [0.3, 0.4) is 0 Å². The highest BCUT2D eigenvalue weighted by Crippen LogP contribution is 2.45. The second-order valence-corrected chi connectivity index (χ2v) is 7.57. The summed E-state index contributed by atoms with van der Waals surface area (Å²) in [5.41, 5.74) is 0.564. The Hall–Kier alpha value is -1.59. The zero-order chi connectivity index (χ0) is 17.0. The van der Waals surface area contributed by atoms with Crippen LogP contribution in [0, 0.1) is 5.41 Å². The number of rotatable bonds is 5. The van der Waals surface area contributed by atoms with E-state index in [-0.39, 0.29) is 0 Å². The van der Waals surface area contributed by atoms with Crippen molar-refractivity contribution in [3.8, 4) is 0 Å². The number of hydrogen-bond acceptors (Lipinski definition) is 4. The van der Waals surface area contributed by atoms with E-state index >= 15 is 0 Å². The van der Waals surface area contributed by atoms with Crippen LogP contribution in [0.1, 0.15) is 70.5 Å². The molecule has 6 heteroatoms. The van der Waals surface area contributed by atoms with Gasteiger partial charge in [0.05, 0.1) is 6.54 Å². The largest absolute Gasteiger partial charge is 0.357 e. The first-order valence-electron chi connectivity index (χ1n) is 9.48. The summed E-state index contributed by atoms with van der Waals surface area (Å²) in [5.74, 6) is 2.82. The molecule has 1 aliphatic carbocycles. The first-order valence-corrected chi connectivity index (χ1v) is 9.48. The van der Waals surface area contributed by atoms with Crippen LogP contribution in [-0.4, -0.2) is 47.2 Å². The van der Waals surface area contributed by atoms with E-state index in [2.05, 4.69) is 41.1 Å². The maximum Gasteiger partial charge on any atom is 0.228 e. The molecule has 2 heterocycles. The lowest BCUT2D eigenvalue weighted by Crippen LogP contribution is -2.41. The predicted octanol–water partition coefficient (Wildman–Crippen LogP) is 2.97. The minimum Gasteiger partial charge on any atom is -0.357 e. The van der Waals surface area contributed by atoms with E-state index < -0.39 is 0 Å². The van der Waals surface area contributed by atoms with Gasteiger partial charge in [-0.15, -0.1) is 0 Å². The molecule has 1 saturated heterocycles. The molecule has 24 heavy (non-hydrogen) atoms. The third-order valence-corrected chi connectivity index (χ3v) is 5.32. The average molecular weight is 333 g/mol. The molecule has 0 atom stereocenters.